The van der Waals surface area contributed by atoms with Crippen molar-refractivity contribution in [2.75, 3.05) is 6.61 Å². The summed E-state index contributed by atoms with van der Waals surface area (Å²) in [4.78, 5) is 36.8. The van der Waals surface area contributed by atoms with Crippen LogP contribution in [0.2, 0.25) is 0 Å². The molecule has 4 aliphatic rings. The minimum atomic E-state index is -1.62. The van der Waals surface area contributed by atoms with Crippen molar-refractivity contribution in [3.63, 3.8) is 0 Å². The fourth-order valence-corrected chi connectivity index (χ4v) is 7.62. The van der Waals surface area contributed by atoms with Gasteiger partial charge in [-0.2, -0.15) is 0 Å². The number of carbonyl (C=O) groups is 1. The number of alkyl halides is 3. The summed E-state index contributed by atoms with van der Waals surface area (Å²) in [5.74, 6) is 1.43. The first-order valence-corrected chi connectivity index (χ1v) is 17.4. The second-order valence-electron chi connectivity index (χ2n) is 12.9. The zero-order chi connectivity index (χ0) is 33.4. The number of hydrogen-bond acceptors (Lipinski definition) is 9. The molecule has 49 heavy (non-hydrogen) atoms. The molecule has 0 aliphatic carbocycles. The van der Waals surface area contributed by atoms with E-state index in [1.807, 2.05) is 30.3 Å². The van der Waals surface area contributed by atoms with Gasteiger partial charge in [0.25, 0.3) is 0 Å². The maximum absolute atomic E-state index is 12.4. The molecule has 4 aliphatic heterocycles. The summed E-state index contributed by atoms with van der Waals surface area (Å²) in [6.45, 7) is -0.283. The Morgan fingerprint density at radius 3 is 1.69 bits per heavy atom. The van der Waals surface area contributed by atoms with Crippen LogP contribution in [0.25, 0.3) is 21.9 Å². The second-order valence-corrected chi connectivity index (χ2v) is 15.4. The zero-order valence-corrected chi connectivity index (χ0v) is 31.9. The monoisotopic (exact) mass is 780 g/mol. The third-order valence-electron chi connectivity index (χ3n) is 9.48. The number of amides is 1. The quantitative estimate of drug-likeness (QED) is 0.128. The summed E-state index contributed by atoms with van der Waals surface area (Å²) in [5.41, 5.74) is 0.353. The maximum atomic E-state index is 12.4. The van der Waals surface area contributed by atoms with Crippen LogP contribution in [0.4, 0.5) is 4.79 Å². The van der Waals surface area contributed by atoms with Crippen LogP contribution in [0.1, 0.15) is 51.4 Å². The van der Waals surface area contributed by atoms with E-state index in [1.165, 1.54) is 25.0 Å². The van der Waals surface area contributed by atoms with Gasteiger partial charge < -0.3 is 33.3 Å². The van der Waals surface area contributed by atoms with Crippen molar-refractivity contribution in [2.45, 2.75) is 91.5 Å². The summed E-state index contributed by atoms with van der Waals surface area (Å²) in [7, 11) is 0. The summed E-state index contributed by atoms with van der Waals surface area (Å²) >= 11 is 17.0. The molecule has 14 heteroatoms. The van der Waals surface area contributed by atoms with Gasteiger partial charge in [0.15, 0.2) is 0 Å². The van der Waals surface area contributed by atoms with E-state index in [9.17, 15) is 14.4 Å². The molecule has 0 spiro atoms. The van der Waals surface area contributed by atoms with Crippen LogP contribution in [0.3, 0.4) is 0 Å². The van der Waals surface area contributed by atoms with Gasteiger partial charge in [0, 0.05) is 91.5 Å². The molecule has 1 amide bonds. The molecule has 0 radical (unpaired) electrons. The summed E-state index contributed by atoms with van der Waals surface area (Å²) in [6, 6.07) is 18.7. The Morgan fingerprint density at radius 1 is 0.735 bits per heavy atom. The molecule has 6 heterocycles. The SMILES string of the molecule is O=C(OCC(Cl)(Cl)Cl)N1[C@@H]2CC[C@H]1CC(Oc1ccc3ccc(=O)oc3c1)C2.O=c1ccc2ccc(OC3C[C@H]4CC[C@@H](C3)N4)cc2o1.[Zn]. The molecule has 4 aromatic rings. The van der Waals surface area contributed by atoms with Crippen LogP contribution in [0.15, 0.2) is 79.1 Å². The molecule has 2 aromatic heterocycles. The number of ether oxygens (including phenoxy) is 3. The van der Waals surface area contributed by atoms with Gasteiger partial charge in [0.2, 0.25) is 3.79 Å². The van der Waals surface area contributed by atoms with Crippen molar-refractivity contribution in [1.29, 1.82) is 0 Å². The number of halogens is 3. The molecule has 8 rings (SSSR count). The molecule has 1 N–H and O–H groups in total. The molecule has 256 valence electrons. The smallest absolute Gasteiger partial charge is 0.410 e. The van der Waals surface area contributed by atoms with E-state index >= 15 is 0 Å². The van der Waals surface area contributed by atoms with Gasteiger partial charge in [-0.3, -0.25) is 0 Å². The Morgan fingerprint density at radius 2 is 1.20 bits per heavy atom. The molecule has 0 saturated carbocycles. The number of piperidine rings is 2. The van der Waals surface area contributed by atoms with E-state index in [4.69, 9.17) is 57.8 Å². The maximum Gasteiger partial charge on any atom is 0.410 e. The number of hydrogen-bond donors (Lipinski definition) is 1. The second kappa shape index (κ2) is 15.2. The summed E-state index contributed by atoms with van der Waals surface area (Å²) in [6.07, 6.45) is 7.58. The van der Waals surface area contributed by atoms with Gasteiger partial charge in [-0.25, -0.2) is 14.4 Å². The minimum absolute atomic E-state index is 0. The van der Waals surface area contributed by atoms with E-state index < -0.39 is 15.5 Å². The van der Waals surface area contributed by atoms with Crippen LogP contribution in [-0.4, -0.2) is 57.8 Å². The van der Waals surface area contributed by atoms with Gasteiger partial charge in [-0.1, -0.05) is 34.8 Å². The van der Waals surface area contributed by atoms with Gasteiger partial charge in [0.1, 0.15) is 41.5 Å². The number of carbonyl (C=O) groups excluding carboxylic acids is 1. The Balaban J connectivity index is 0.000000175. The molecular formula is C35H35Cl3N2O8Zn. The number of fused-ring (bicyclic) bond motifs is 6. The molecule has 4 bridgehead atoms. The normalized spacial score (nSPS) is 25.7. The summed E-state index contributed by atoms with van der Waals surface area (Å²) in [5, 5.41) is 5.35. The first-order valence-electron chi connectivity index (χ1n) is 16.2. The van der Waals surface area contributed by atoms with Gasteiger partial charge in [0.05, 0.1) is 0 Å². The third kappa shape index (κ3) is 8.92. The van der Waals surface area contributed by atoms with E-state index in [0.29, 0.717) is 41.8 Å². The molecule has 2 aromatic carbocycles. The fourth-order valence-electron chi connectivity index (χ4n) is 7.45. The van der Waals surface area contributed by atoms with E-state index in [2.05, 4.69) is 5.32 Å². The standard InChI is InChI=1S/C19H18Cl3NO5.C16H17NO3.Zn/c20-19(21,22)10-26-18(25)23-12-3-4-13(23)8-15(7-12)27-14-5-1-11-2-6-17(24)28-16(11)9-14;18-16-6-2-10-1-5-13(9-15(10)20-16)19-14-7-11-3-4-12(8-14)17-11;/h1-2,5-6,9,12-13,15H,3-4,7-8,10H2;1-2,5-6,9,11-12,14,17H,3-4,7-8H2;/t12-,13+,15?;11-,12+,14?;. The first kappa shape index (κ1) is 36.0. The van der Waals surface area contributed by atoms with E-state index in [1.54, 1.807) is 23.1 Å². The largest absolute Gasteiger partial charge is 0.490 e. The third-order valence-corrected chi connectivity index (χ3v) is 9.81. The first-order chi connectivity index (χ1) is 23.0. The Labute approximate surface area is 310 Å². The van der Waals surface area contributed by atoms with Crippen molar-refractivity contribution in [3.05, 3.63) is 81.5 Å². The minimum Gasteiger partial charge on any atom is -0.490 e. The Kier molecular flexibility index (Phi) is 11.2. The van der Waals surface area contributed by atoms with Crippen LogP contribution < -0.4 is 26.0 Å². The zero-order valence-electron chi connectivity index (χ0n) is 26.7. The predicted octanol–water partition coefficient (Wildman–Crippen LogP) is 7.13. The molecule has 2 unspecified atom stereocenters. The molecule has 4 fully saturated rings. The van der Waals surface area contributed by atoms with Gasteiger partial charge >= 0.3 is 17.3 Å². The van der Waals surface area contributed by atoms with Crippen molar-refractivity contribution in [2.24, 2.45) is 0 Å². The Bertz CT molecular complexity index is 1890. The molecule has 4 saturated heterocycles. The van der Waals surface area contributed by atoms with E-state index in [-0.39, 0.29) is 56.0 Å². The van der Waals surface area contributed by atoms with Crippen LogP contribution in [0, 0.1) is 0 Å². The van der Waals surface area contributed by atoms with E-state index in [0.717, 1.165) is 42.2 Å². The van der Waals surface area contributed by atoms with Gasteiger partial charge in [-0.15, -0.1) is 0 Å². The summed E-state index contributed by atoms with van der Waals surface area (Å²) < 4.78 is 26.1. The van der Waals surface area contributed by atoms with Crippen molar-refractivity contribution in [1.82, 2.24) is 10.2 Å². The molecule has 6 atom stereocenters. The van der Waals surface area contributed by atoms with Gasteiger partial charge in [-0.05, 0) is 74.9 Å². The fraction of sp³-hybridized carbons (Fsp3) is 0.457. The Hall–Kier alpha value is -2.82. The van der Waals surface area contributed by atoms with Crippen molar-refractivity contribution >= 4 is 62.8 Å². The molecular weight excluding hydrogens is 748 g/mol. The number of rotatable bonds is 5. The predicted molar refractivity (Wildman–Crippen MR) is 183 cm³/mol. The van der Waals surface area contributed by atoms with Crippen LogP contribution in [-0.2, 0) is 24.2 Å². The van der Waals surface area contributed by atoms with Crippen LogP contribution in [0.5, 0.6) is 11.5 Å². The van der Waals surface area contributed by atoms with Crippen molar-refractivity contribution < 1.29 is 47.3 Å². The number of nitrogens with one attached hydrogen (secondary N) is 1. The average Bonchev–Trinajstić information content (AvgIpc) is 3.53. The topological polar surface area (TPSA) is 120 Å². The number of benzene rings is 2. The number of nitrogens with zero attached hydrogens (tertiary/aromatic N) is 1. The van der Waals surface area contributed by atoms with Crippen LogP contribution >= 0.6 is 34.8 Å². The molecule has 10 nitrogen and oxygen atoms in total. The van der Waals surface area contributed by atoms with Crippen molar-refractivity contribution in [3.8, 4) is 11.5 Å². The average molecular weight is 783 g/mol.